The number of aromatic nitrogens is 1. The van der Waals surface area contributed by atoms with Gasteiger partial charge < -0.3 is 4.90 Å². The van der Waals surface area contributed by atoms with Crippen LogP contribution in [0.5, 0.6) is 0 Å². The molecule has 1 aromatic heterocycles. The Morgan fingerprint density at radius 2 is 2.24 bits per heavy atom. The minimum absolute atomic E-state index is 0.633. The normalized spacial score (nSPS) is 25.7. The first-order valence-electron chi connectivity index (χ1n) is 6.06. The fourth-order valence-corrected chi connectivity index (χ4v) is 2.81. The lowest BCUT2D eigenvalue weighted by Gasteiger charge is -2.22. The van der Waals surface area contributed by atoms with E-state index in [2.05, 4.69) is 41.9 Å². The average Bonchev–Trinajstić information content (AvgIpc) is 2.63. The van der Waals surface area contributed by atoms with Crippen LogP contribution in [0.3, 0.4) is 0 Å². The van der Waals surface area contributed by atoms with Gasteiger partial charge in [-0.2, -0.15) is 0 Å². The lowest BCUT2D eigenvalue weighted by atomic mass is 10.1. The molecule has 2 heterocycles. The van der Waals surface area contributed by atoms with Crippen molar-refractivity contribution in [3.05, 3.63) is 29.0 Å². The predicted octanol–water partition coefficient (Wildman–Crippen LogP) is 2.12. The van der Waals surface area contributed by atoms with Crippen LogP contribution in [-0.4, -0.2) is 48.0 Å². The molecule has 1 aromatic rings. The van der Waals surface area contributed by atoms with E-state index in [1.165, 1.54) is 0 Å². The summed E-state index contributed by atoms with van der Waals surface area (Å²) < 4.78 is 0. The van der Waals surface area contributed by atoms with E-state index in [9.17, 15) is 0 Å². The van der Waals surface area contributed by atoms with Gasteiger partial charge in [0, 0.05) is 37.4 Å². The summed E-state index contributed by atoms with van der Waals surface area (Å²) in [6.07, 6.45) is 1.74. The van der Waals surface area contributed by atoms with Gasteiger partial charge in [-0.1, -0.05) is 24.6 Å². The Morgan fingerprint density at radius 3 is 2.82 bits per heavy atom. The number of pyridine rings is 1. The largest absolute Gasteiger partial charge is 0.305 e. The van der Waals surface area contributed by atoms with Gasteiger partial charge in [-0.05, 0) is 26.1 Å². The molecule has 0 radical (unpaired) electrons. The lowest BCUT2D eigenvalue weighted by molar-refractivity contribution is 0.250. The molecular formula is C13H20ClN3. The molecule has 0 aliphatic carbocycles. The van der Waals surface area contributed by atoms with Gasteiger partial charge in [0.2, 0.25) is 0 Å². The van der Waals surface area contributed by atoms with Crippen molar-refractivity contribution in [2.24, 2.45) is 5.92 Å². The van der Waals surface area contributed by atoms with Crippen molar-refractivity contribution in [1.82, 2.24) is 14.8 Å². The van der Waals surface area contributed by atoms with Gasteiger partial charge in [0.1, 0.15) is 5.15 Å². The Morgan fingerprint density at radius 1 is 1.47 bits per heavy atom. The molecule has 2 atom stereocenters. The van der Waals surface area contributed by atoms with E-state index >= 15 is 0 Å². The van der Waals surface area contributed by atoms with Crippen molar-refractivity contribution in [3.63, 3.8) is 0 Å². The highest BCUT2D eigenvalue weighted by Gasteiger charge is 2.30. The fourth-order valence-electron chi connectivity index (χ4n) is 2.63. The number of hydrogen-bond donors (Lipinski definition) is 0. The Bertz CT molecular complexity index is 381. The molecule has 3 nitrogen and oxygen atoms in total. The molecule has 0 aromatic carbocycles. The second-order valence-corrected chi connectivity index (χ2v) is 5.51. The summed E-state index contributed by atoms with van der Waals surface area (Å²) in [6.45, 7) is 5.46. The van der Waals surface area contributed by atoms with Crippen molar-refractivity contribution in [2.45, 2.75) is 19.5 Å². The third kappa shape index (κ3) is 2.97. The average molecular weight is 254 g/mol. The highest BCUT2D eigenvalue weighted by molar-refractivity contribution is 6.30. The van der Waals surface area contributed by atoms with E-state index in [0.29, 0.717) is 17.1 Å². The van der Waals surface area contributed by atoms with Crippen LogP contribution in [0.25, 0.3) is 0 Å². The Labute approximate surface area is 108 Å². The quantitative estimate of drug-likeness (QED) is 0.770. The molecule has 1 aliphatic rings. The third-order valence-corrected chi connectivity index (χ3v) is 3.88. The molecule has 94 valence electrons. The first-order chi connectivity index (χ1) is 8.08. The maximum Gasteiger partial charge on any atom is 0.133 e. The number of rotatable bonds is 3. The summed E-state index contributed by atoms with van der Waals surface area (Å²) in [5.74, 6) is 0.709. The maximum atomic E-state index is 6.09. The van der Waals surface area contributed by atoms with Gasteiger partial charge in [0.25, 0.3) is 0 Å². The molecule has 17 heavy (non-hydrogen) atoms. The number of nitrogens with zero attached hydrogens (tertiary/aromatic N) is 3. The van der Waals surface area contributed by atoms with Crippen molar-refractivity contribution in [2.75, 3.05) is 27.2 Å². The Balaban J connectivity index is 2.00. The van der Waals surface area contributed by atoms with Crippen LogP contribution >= 0.6 is 11.6 Å². The molecular weight excluding hydrogens is 234 g/mol. The van der Waals surface area contributed by atoms with Crippen molar-refractivity contribution in [1.29, 1.82) is 0 Å². The molecule has 2 unspecified atom stereocenters. The van der Waals surface area contributed by atoms with E-state index < -0.39 is 0 Å². The van der Waals surface area contributed by atoms with E-state index in [1.807, 2.05) is 6.07 Å². The van der Waals surface area contributed by atoms with Gasteiger partial charge in [0.05, 0.1) is 0 Å². The van der Waals surface area contributed by atoms with Gasteiger partial charge in [-0.3, -0.25) is 4.90 Å². The summed E-state index contributed by atoms with van der Waals surface area (Å²) in [6, 6.07) is 4.65. The molecule has 0 N–H and O–H groups in total. The minimum Gasteiger partial charge on any atom is -0.305 e. The molecule has 1 aliphatic heterocycles. The standard InChI is InChI=1S/C13H20ClN3/c1-10-7-17(9-12(10)16(2)3)8-11-5-4-6-15-13(11)14/h4-6,10,12H,7-9H2,1-3H3. The zero-order chi connectivity index (χ0) is 12.4. The smallest absolute Gasteiger partial charge is 0.133 e. The van der Waals surface area contributed by atoms with E-state index in [-0.39, 0.29) is 0 Å². The van der Waals surface area contributed by atoms with Crippen LogP contribution < -0.4 is 0 Å². The number of likely N-dealkylation sites (N-methyl/N-ethyl adjacent to an activating group) is 1. The highest BCUT2D eigenvalue weighted by atomic mass is 35.5. The Hall–Kier alpha value is -0.640. The monoisotopic (exact) mass is 253 g/mol. The second kappa shape index (κ2) is 5.34. The van der Waals surface area contributed by atoms with Gasteiger partial charge in [-0.25, -0.2) is 4.98 Å². The lowest BCUT2D eigenvalue weighted by Crippen LogP contribution is -2.34. The highest BCUT2D eigenvalue weighted by Crippen LogP contribution is 2.23. The van der Waals surface area contributed by atoms with Crippen molar-refractivity contribution in [3.8, 4) is 0 Å². The first-order valence-corrected chi connectivity index (χ1v) is 6.44. The van der Waals surface area contributed by atoms with Gasteiger partial charge in [0.15, 0.2) is 0 Å². The predicted molar refractivity (Wildman–Crippen MR) is 71.2 cm³/mol. The number of hydrogen-bond acceptors (Lipinski definition) is 3. The molecule has 1 saturated heterocycles. The van der Waals surface area contributed by atoms with E-state index in [4.69, 9.17) is 11.6 Å². The van der Waals surface area contributed by atoms with E-state index in [1.54, 1.807) is 6.20 Å². The fraction of sp³-hybridized carbons (Fsp3) is 0.615. The molecule has 0 amide bonds. The number of likely N-dealkylation sites (tertiary alicyclic amines) is 1. The molecule has 2 rings (SSSR count). The third-order valence-electron chi connectivity index (χ3n) is 3.54. The molecule has 0 bridgehead atoms. The van der Waals surface area contributed by atoms with Crippen LogP contribution in [0.1, 0.15) is 12.5 Å². The Kier molecular flexibility index (Phi) is 4.02. The second-order valence-electron chi connectivity index (χ2n) is 5.16. The summed E-state index contributed by atoms with van der Waals surface area (Å²) in [5, 5.41) is 0.633. The molecule has 4 heteroatoms. The zero-order valence-electron chi connectivity index (χ0n) is 10.7. The van der Waals surface area contributed by atoms with Crippen molar-refractivity contribution >= 4 is 11.6 Å². The maximum absolute atomic E-state index is 6.09. The minimum atomic E-state index is 0.633. The SMILES string of the molecule is CC1CN(Cc2cccnc2Cl)CC1N(C)C. The first kappa shape index (κ1) is 12.8. The van der Waals surface area contributed by atoms with Crippen LogP contribution in [-0.2, 0) is 6.54 Å². The molecule has 0 saturated carbocycles. The van der Waals surface area contributed by atoms with Crippen LogP contribution in [0.15, 0.2) is 18.3 Å². The molecule has 1 fully saturated rings. The van der Waals surface area contributed by atoms with Gasteiger partial charge >= 0.3 is 0 Å². The number of halogens is 1. The van der Waals surface area contributed by atoms with Crippen molar-refractivity contribution < 1.29 is 0 Å². The van der Waals surface area contributed by atoms with Gasteiger partial charge in [-0.15, -0.1) is 0 Å². The zero-order valence-corrected chi connectivity index (χ0v) is 11.5. The van der Waals surface area contributed by atoms with E-state index in [0.717, 1.165) is 25.2 Å². The topological polar surface area (TPSA) is 19.4 Å². The van der Waals surface area contributed by atoms with Crippen LogP contribution in [0.4, 0.5) is 0 Å². The summed E-state index contributed by atoms with van der Waals surface area (Å²) in [5.41, 5.74) is 1.13. The summed E-state index contributed by atoms with van der Waals surface area (Å²) in [7, 11) is 4.31. The van der Waals surface area contributed by atoms with Crippen LogP contribution in [0.2, 0.25) is 5.15 Å². The molecule has 0 spiro atoms. The summed E-state index contributed by atoms with van der Waals surface area (Å²) >= 11 is 6.09. The summed E-state index contributed by atoms with van der Waals surface area (Å²) in [4.78, 5) is 8.89. The van der Waals surface area contributed by atoms with Crippen LogP contribution in [0, 0.1) is 5.92 Å².